The molecular weight excluding hydrogens is 364 g/mol. The predicted molar refractivity (Wildman–Crippen MR) is 108 cm³/mol. The van der Waals surface area contributed by atoms with Gasteiger partial charge in [-0.1, -0.05) is 71.9 Å². The number of halogens is 1. The summed E-state index contributed by atoms with van der Waals surface area (Å²) in [6.07, 6.45) is 3.35. The first kappa shape index (κ1) is 20.7. The Balaban J connectivity index is 0.00000261. The summed E-state index contributed by atoms with van der Waals surface area (Å²) in [5.41, 5.74) is 3.55. The first-order valence-corrected chi connectivity index (χ1v) is 8.71. The molecule has 1 aliphatic heterocycles. The van der Waals surface area contributed by atoms with Crippen molar-refractivity contribution in [1.82, 2.24) is 5.32 Å². The van der Waals surface area contributed by atoms with Crippen LogP contribution in [0, 0.1) is 0 Å². The molecule has 1 unspecified atom stereocenters. The van der Waals surface area contributed by atoms with Crippen molar-refractivity contribution in [3.8, 4) is 0 Å². The lowest BCUT2D eigenvalue weighted by atomic mass is 9.99. The Labute approximate surface area is 165 Å². The molecule has 0 amide bonds. The van der Waals surface area contributed by atoms with Crippen molar-refractivity contribution < 1.29 is 14.7 Å². The summed E-state index contributed by atoms with van der Waals surface area (Å²) in [5, 5.41) is 16.6. The molecule has 0 saturated heterocycles. The maximum atomic E-state index is 11.3. The van der Waals surface area contributed by atoms with Gasteiger partial charge in [0.1, 0.15) is 18.4 Å². The van der Waals surface area contributed by atoms with Crippen LogP contribution in [0.25, 0.3) is 0 Å². The number of carbonyl (C=O) groups is 1. The monoisotopic (exact) mass is 386 g/mol. The van der Waals surface area contributed by atoms with Crippen LogP contribution in [-0.2, 0) is 9.63 Å². The number of carboxylic acids is 1. The zero-order valence-corrected chi connectivity index (χ0v) is 15.7. The fraction of sp³-hybridized carbons (Fsp3) is 0.238. The summed E-state index contributed by atoms with van der Waals surface area (Å²) in [4.78, 5) is 16.9. The van der Waals surface area contributed by atoms with E-state index in [9.17, 15) is 9.90 Å². The molecule has 2 N–H and O–H groups in total. The number of carboxylic acid groups (broad SMARTS) is 1. The third-order valence-corrected chi connectivity index (χ3v) is 4.25. The third-order valence-electron chi connectivity index (χ3n) is 4.25. The maximum absolute atomic E-state index is 11.3. The van der Waals surface area contributed by atoms with Crippen LogP contribution in [0.1, 0.15) is 24.0 Å². The van der Waals surface area contributed by atoms with Crippen molar-refractivity contribution >= 4 is 24.1 Å². The summed E-state index contributed by atoms with van der Waals surface area (Å²) in [5.74, 6) is -0.853. The summed E-state index contributed by atoms with van der Waals surface area (Å²) in [6.45, 7) is 1.02. The fourth-order valence-electron chi connectivity index (χ4n) is 2.96. The molecular formula is C21H23ClN2O3. The van der Waals surface area contributed by atoms with Crippen molar-refractivity contribution in [2.45, 2.75) is 18.9 Å². The highest BCUT2D eigenvalue weighted by molar-refractivity contribution is 6.12. The second kappa shape index (κ2) is 10.5. The van der Waals surface area contributed by atoms with E-state index < -0.39 is 12.0 Å². The molecule has 2 aromatic carbocycles. The molecule has 0 bridgehead atoms. The van der Waals surface area contributed by atoms with Gasteiger partial charge in [0.05, 0.1) is 0 Å². The van der Waals surface area contributed by atoms with E-state index in [0.717, 1.165) is 28.8 Å². The third kappa shape index (κ3) is 5.67. The van der Waals surface area contributed by atoms with Gasteiger partial charge in [0, 0.05) is 17.5 Å². The summed E-state index contributed by atoms with van der Waals surface area (Å²) in [6, 6.07) is 19.1. The summed E-state index contributed by atoms with van der Waals surface area (Å²) >= 11 is 0. The van der Waals surface area contributed by atoms with E-state index in [1.165, 1.54) is 0 Å². The van der Waals surface area contributed by atoms with Gasteiger partial charge in [-0.05, 0) is 18.5 Å². The van der Waals surface area contributed by atoms with Gasteiger partial charge in [-0.25, -0.2) is 0 Å². The number of aliphatic carboxylic acids is 1. The van der Waals surface area contributed by atoms with Crippen LogP contribution in [0.2, 0.25) is 0 Å². The first-order valence-electron chi connectivity index (χ1n) is 8.71. The Morgan fingerprint density at radius 3 is 2.22 bits per heavy atom. The summed E-state index contributed by atoms with van der Waals surface area (Å²) in [7, 11) is 0. The fourth-order valence-corrected chi connectivity index (χ4v) is 2.96. The first-order chi connectivity index (χ1) is 12.8. The number of nitrogens with zero attached hydrogens (tertiary/aromatic N) is 1. The van der Waals surface area contributed by atoms with E-state index >= 15 is 0 Å². The Morgan fingerprint density at radius 1 is 1.07 bits per heavy atom. The van der Waals surface area contributed by atoms with Crippen LogP contribution >= 0.6 is 12.4 Å². The van der Waals surface area contributed by atoms with Crippen LogP contribution in [0.5, 0.6) is 0 Å². The quantitative estimate of drug-likeness (QED) is 0.330. The van der Waals surface area contributed by atoms with Gasteiger partial charge < -0.3 is 15.3 Å². The smallest absolute Gasteiger partial charge is 0.325 e. The van der Waals surface area contributed by atoms with E-state index in [2.05, 4.69) is 10.5 Å². The molecule has 0 spiro atoms. The van der Waals surface area contributed by atoms with Crippen LogP contribution in [0.15, 0.2) is 77.5 Å². The van der Waals surface area contributed by atoms with Gasteiger partial charge in [-0.3, -0.25) is 4.79 Å². The van der Waals surface area contributed by atoms with E-state index in [1.807, 2.05) is 66.7 Å². The van der Waals surface area contributed by atoms with Crippen LogP contribution < -0.4 is 5.32 Å². The predicted octanol–water partition coefficient (Wildman–Crippen LogP) is 3.64. The van der Waals surface area contributed by atoms with Gasteiger partial charge in [-0.15, -0.1) is 12.4 Å². The molecule has 0 radical (unpaired) electrons. The lowest BCUT2D eigenvalue weighted by Crippen LogP contribution is -2.41. The van der Waals surface area contributed by atoms with Crippen molar-refractivity contribution in [3.63, 3.8) is 0 Å². The SMILES string of the molecule is Cl.O=C(O)C1NCCC=C1CCON=C(c1ccccc1)c1ccccc1. The summed E-state index contributed by atoms with van der Waals surface area (Å²) < 4.78 is 0. The normalized spacial score (nSPS) is 15.9. The van der Waals surface area contributed by atoms with Crippen LogP contribution in [-0.4, -0.2) is 36.0 Å². The average Bonchev–Trinajstić information content (AvgIpc) is 2.69. The zero-order chi connectivity index (χ0) is 18.2. The van der Waals surface area contributed by atoms with E-state index in [4.69, 9.17) is 4.84 Å². The Hall–Kier alpha value is -2.63. The Bertz CT molecular complexity index is 750. The number of rotatable bonds is 7. The molecule has 1 heterocycles. The molecule has 1 atom stereocenters. The highest BCUT2D eigenvalue weighted by Gasteiger charge is 2.23. The number of oxime groups is 1. The van der Waals surface area contributed by atoms with Crippen LogP contribution in [0.4, 0.5) is 0 Å². The van der Waals surface area contributed by atoms with Crippen molar-refractivity contribution in [2.24, 2.45) is 5.16 Å². The van der Waals surface area contributed by atoms with Crippen molar-refractivity contribution in [2.75, 3.05) is 13.2 Å². The molecule has 0 aliphatic carbocycles. The molecule has 5 nitrogen and oxygen atoms in total. The van der Waals surface area contributed by atoms with E-state index in [1.54, 1.807) is 0 Å². The highest BCUT2D eigenvalue weighted by atomic mass is 35.5. The Morgan fingerprint density at radius 2 is 1.67 bits per heavy atom. The number of nitrogens with one attached hydrogen (secondary N) is 1. The topological polar surface area (TPSA) is 70.9 Å². The number of hydrogen-bond acceptors (Lipinski definition) is 4. The van der Waals surface area contributed by atoms with Gasteiger partial charge >= 0.3 is 5.97 Å². The molecule has 3 rings (SSSR count). The molecule has 1 aliphatic rings. The van der Waals surface area contributed by atoms with Gasteiger partial charge in [0.25, 0.3) is 0 Å². The minimum Gasteiger partial charge on any atom is -0.480 e. The van der Waals surface area contributed by atoms with Gasteiger partial charge in [-0.2, -0.15) is 0 Å². The molecule has 142 valence electrons. The molecule has 0 aromatic heterocycles. The number of benzene rings is 2. The van der Waals surface area contributed by atoms with Crippen molar-refractivity contribution in [3.05, 3.63) is 83.4 Å². The molecule has 27 heavy (non-hydrogen) atoms. The second-order valence-corrected chi connectivity index (χ2v) is 6.05. The van der Waals surface area contributed by atoms with E-state index in [-0.39, 0.29) is 12.4 Å². The highest BCUT2D eigenvalue weighted by Crippen LogP contribution is 2.15. The molecule has 2 aromatic rings. The second-order valence-electron chi connectivity index (χ2n) is 6.05. The maximum Gasteiger partial charge on any atom is 0.325 e. The Kier molecular flexibility index (Phi) is 8.04. The lowest BCUT2D eigenvalue weighted by molar-refractivity contribution is -0.138. The largest absolute Gasteiger partial charge is 0.480 e. The zero-order valence-electron chi connectivity index (χ0n) is 14.9. The lowest BCUT2D eigenvalue weighted by Gasteiger charge is -2.21. The molecule has 6 heteroatoms. The average molecular weight is 387 g/mol. The van der Waals surface area contributed by atoms with Gasteiger partial charge in [0.2, 0.25) is 0 Å². The van der Waals surface area contributed by atoms with Gasteiger partial charge in [0.15, 0.2) is 0 Å². The minimum atomic E-state index is -0.853. The molecule has 0 saturated carbocycles. The van der Waals surface area contributed by atoms with Crippen molar-refractivity contribution in [1.29, 1.82) is 0 Å². The standard InChI is InChI=1S/C21H22N2O3.ClH/c24-21(25)20-18(12-7-14-22-20)13-15-26-23-19(16-8-3-1-4-9-16)17-10-5-2-6-11-17;/h1-6,8-12,20,22H,7,13-15H2,(H,24,25);1H. The van der Waals surface area contributed by atoms with E-state index in [0.29, 0.717) is 19.6 Å². The van der Waals surface area contributed by atoms with Crippen LogP contribution in [0.3, 0.4) is 0 Å². The number of hydrogen-bond donors (Lipinski definition) is 2. The molecule has 0 fully saturated rings. The minimum absolute atomic E-state index is 0.